The maximum Gasteiger partial charge on any atom is 0.185 e. The van der Waals surface area contributed by atoms with Gasteiger partial charge < -0.3 is 0 Å². The Morgan fingerprint density at radius 1 is 0.958 bits per heavy atom. The number of allylic oxidation sites excluding steroid dienone is 1. The van der Waals surface area contributed by atoms with Crippen molar-refractivity contribution in [1.29, 1.82) is 0 Å². The first-order valence-electron chi connectivity index (χ1n) is 8.36. The molecule has 0 spiro atoms. The topological polar surface area (TPSA) is 17.1 Å². The summed E-state index contributed by atoms with van der Waals surface area (Å²) in [6.45, 7) is 2.22. The van der Waals surface area contributed by atoms with E-state index in [-0.39, 0.29) is 5.78 Å². The molecule has 0 saturated heterocycles. The molecular weight excluding hydrogens is 428 g/mol. The summed E-state index contributed by atoms with van der Waals surface area (Å²) < 4.78 is 2.01. The largest absolute Gasteiger partial charge is 0.289 e. The third kappa shape index (κ3) is 6.03. The minimum Gasteiger partial charge on any atom is -0.289 e. The molecule has 0 unspecified atom stereocenters. The number of hydrogen-bond acceptors (Lipinski definition) is 1. The first-order chi connectivity index (χ1) is 11.6. The Hall–Kier alpha value is -1.19. The second kappa shape index (κ2) is 9.95. The number of rotatable bonds is 8. The van der Waals surface area contributed by atoms with E-state index in [1.54, 1.807) is 6.08 Å². The van der Waals surface area contributed by atoms with E-state index in [0.717, 1.165) is 20.9 Å². The van der Waals surface area contributed by atoms with E-state index in [2.05, 4.69) is 57.0 Å². The Kier molecular flexibility index (Phi) is 7.93. The number of halogens is 2. The van der Waals surface area contributed by atoms with Crippen LogP contribution >= 0.6 is 31.9 Å². The van der Waals surface area contributed by atoms with Crippen molar-refractivity contribution in [3.05, 3.63) is 74.2 Å². The molecular formula is C21H22Br2O. The van der Waals surface area contributed by atoms with Gasteiger partial charge in [-0.1, -0.05) is 70.2 Å². The molecule has 0 aliphatic rings. The number of benzene rings is 2. The number of ketones is 1. The van der Waals surface area contributed by atoms with Gasteiger partial charge in [-0.15, -0.1) is 0 Å². The Morgan fingerprint density at radius 3 is 2.38 bits per heavy atom. The van der Waals surface area contributed by atoms with Crippen LogP contribution in [0.4, 0.5) is 0 Å². The molecule has 24 heavy (non-hydrogen) atoms. The van der Waals surface area contributed by atoms with E-state index >= 15 is 0 Å². The second-order valence-corrected chi connectivity index (χ2v) is 7.69. The molecule has 2 aromatic carbocycles. The highest BCUT2D eigenvalue weighted by molar-refractivity contribution is 9.10. The summed E-state index contributed by atoms with van der Waals surface area (Å²) >= 11 is 6.91. The third-order valence-electron chi connectivity index (χ3n) is 3.95. The highest BCUT2D eigenvalue weighted by Gasteiger charge is 2.04. The summed E-state index contributed by atoms with van der Waals surface area (Å²) in [4.78, 5) is 12.3. The van der Waals surface area contributed by atoms with Gasteiger partial charge in [0.05, 0.1) is 0 Å². The van der Waals surface area contributed by atoms with Crippen molar-refractivity contribution < 1.29 is 4.79 Å². The predicted molar refractivity (Wildman–Crippen MR) is 109 cm³/mol. The smallest absolute Gasteiger partial charge is 0.185 e. The molecule has 1 nitrogen and oxygen atoms in total. The van der Waals surface area contributed by atoms with Gasteiger partial charge in [-0.05, 0) is 66.4 Å². The van der Waals surface area contributed by atoms with Crippen LogP contribution < -0.4 is 0 Å². The third-order valence-corrected chi connectivity index (χ3v) is 4.97. The molecule has 0 atom stereocenters. The molecule has 126 valence electrons. The van der Waals surface area contributed by atoms with Gasteiger partial charge in [0.2, 0.25) is 0 Å². The molecule has 0 amide bonds. The molecule has 2 aromatic rings. The molecule has 0 heterocycles. The predicted octanol–water partition coefficient (Wildman–Crippen LogP) is 7.23. The van der Waals surface area contributed by atoms with Gasteiger partial charge in [-0.2, -0.15) is 0 Å². The molecule has 0 fully saturated rings. The van der Waals surface area contributed by atoms with Gasteiger partial charge in [-0.25, -0.2) is 0 Å². The van der Waals surface area contributed by atoms with Crippen molar-refractivity contribution in [1.82, 2.24) is 0 Å². The van der Waals surface area contributed by atoms with E-state index in [1.165, 1.54) is 31.2 Å². The maximum absolute atomic E-state index is 12.3. The van der Waals surface area contributed by atoms with E-state index in [1.807, 2.05) is 30.3 Å². The Labute approximate surface area is 161 Å². The lowest BCUT2D eigenvalue weighted by Crippen LogP contribution is -1.95. The average Bonchev–Trinajstić information content (AvgIpc) is 2.58. The van der Waals surface area contributed by atoms with Crippen LogP contribution in [0.15, 0.2) is 57.5 Å². The zero-order valence-electron chi connectivity index (χ0n) is 13.9. The van der Waals surface area contributed by atoms with Crippen molar-refractivity contribution in [2.75, 3.05) is 0 Å². The molecule has 0 bridgehead atoms. The van der Waals surface area contributed by atoms with Crippen molar-refractivity contribution >= 4 is 43.7 Å². The zero-order valence-corrected chi connectivity index (χ0v) is 17.1. The lowest BCUT2D eigenvalue weighted by atomic mass is 10.00. The molecule has 0 saturated carbocycles. The highest BCUT2D eigenvalue weighted by Crippen LogP contribution is 2.21. The van der Waals surface area contributed by atoms with Crippen LogP contribution in [0.5, 0.6) is 0 Å². The molecule has 3 heteroatoms. The number of carbonyl (C=O) groups excluding carboxylic acids is 1. The summed E-state index contributed by atoms with van der Waals surface area (Å²) in [5.74, 6) is 0.0272. The molecule has 0 aliphatic carbocycles. The molecule has 0 N–H and O–H groups in total. The quantitative estimate of drug-likeness (QED) is 0.236. The van der Waals surface area contributed by atoms with Gasteiger partial charge in [0.25, 0.3) is 0 Å². The average molecular weight is 450 g/mol. The second-order valence-electron chi connectivity index (χ2n) is 5.86. The number of hydrogen-bond donors (Lipinski definition) is 0. The fourth-order valence-electron chi connectivity index (χ4n) is 2.57. The molecule has 0 aromatic heterocycles. The minimum atomic E-state index is 0.0272. The Morgan fingerprint density at radius 2 is 1.67 bits per heavy atom. The SMILES string of the molecule is CCCCCCc1ccc(Br)cc1/C=C/C(=O)c1ccc(Br)cc1. The number of carbonyl (C=O) groups is 1. The van der Waals surface area contributed by atoms with Crippen molar-refractivity contribution in [2.24, 2.45) is 0 Å². The van der Waals surface area contributed by atoms with Crippen LogP contribution in [0, 0.1) is 0 Å². The Bertz CT molecular complexity index is 702. The van der Waals surface area contributed by atoms with Crippen molar-refractivity contribution in [2.45, 2.75) is 39.0 Å². The summed E-state index contributed by atoms with van der Waals surface area (Å²) in [7, 11) is 0. The summed E-state index contributed by atoms with van der Waals surface area (Å²) in [5, 5.41) is 0. The fourth-order valence-corrected chi connectivity index (χ4v) is 3.21. The minimum absolute atomic E-state index is 0.0272. The first kappa shape index (κ1) is 19.1. The first-order valence-corrected chi connectivity index (χ1v) is 9.95. The summed E-state index contributed by atoms with van der Waals surface area (Å²) in [6, 6.07) is 13.8. The van der Waals surface area contributed by atoms with Crippen LogP contribution in [0.25, 0.3) is 6.08 Å². The van der Waals surface area contributed by atoms with E-state index in [0.29, 0.717) is 5.56 Å². The lowest BCUT2D eigenvalue weighted by Gasteiger charge is -2.07. The number of aryl methyl sites for hydroxylation is 1. The maximum atomic E-state index is 12.3. The van der Waals surface area contributed by atoms with Crippen LogP contribution in [0.1, 0.15) is 54.1 Å². The van der Waals surface area contributed by atoms with Gasteiger partial charge in [-0.3, -0.25) is 4.79 Å². The van der Waals surface area contributed by atoms with E-state index in [9.17, 15) is 4.79 Å². The van der Waals surface area contributed by atoms with Gasteiger partial charge >= 0.3 is 0 Å². The van der Waals surface area contributed by atoms with E-state index in [4.69, 9.17) is 0 Å². The fraction of sp³-hybridized carbons (Fsp3) is 0.286. The summed E-state index contributed by atoms with van der Waals surface area (Å²) in [5.41, 5.74) is 3.12. The van der Waals surface area contributed by atoms with Crippen molar-refractivity contribution in [3.63, 3.8) is 0 Å². The lowest BCUT2D eigenvalue weighted by molar-refractivity contribution is 0.104. The van der Waals surface area contributed by atoms with Crippen LogP contribution in [0.2, 0.25) is 0 Å². The molecule has 0 radical (unpaired) electrons. The van der Waals surface area contributed by atoms with E-state index < -0.39 is 0 Å². The summed E-state index contributed by atoms with van der Waals surface area (Å²) in [6.07, 6.45) is 9.63. The monoisotopic (exact) mass is 448 g/mol. The molecule has 2 rings (SSSR count). The standard InChI is InChI=1S/C21H22Br2O/c1-2-3-4-5-6-16-7-13-20(23)15-18(16)10-14-21(24)17-8-11-19(22)12-9-17/h7-15H,2-6H2,1H3/b14-10+. The normalized spacial score (nSPS) is 11.1. The van der Waals surface area contributed by atoms with Gasteiger partial charge in [0, 0.05) is 14.5 Å². The van der Waals surface area contributed by atoms with Crippen LogP contribution in [-0.2, 0) is 6.42 Å². The van der Waals surface area contributed by atoms with Crippen LogP contribution in [0.3, 0.4) is 0 Å². The zero-order chi connectivity index (χ0) is 17.4. The van der Waals surface area contributed by atoms with Crippen LogP contribution in [-0.4, -0.2) is 5.78 Å². The number of unbranched alkanes of at least 4 members (excludes halogenated alkanes) is 3. The molecule has 0 aliphatic heterocycles. The van der Waals surface area contributed by atoms with Crippen molar-refractivity contribution in [3.8, 4) is 0 Å². The highest BCUT2D eigenvalue weighted by atomic mass is 79.9. The van der Waals surface area contributed by atoms with Gasteiger partial charge in [0.15, 0.2) is 5.78 Å². The van der Waals surface area contributed by atoms with Gasteiger partial charge in [0.1, 0.15) is 0 Å². The Balaban J connectivity index is 2.10.